The molecule has 7 heteroatoms. The molecule has 2 aromatic rings. The second-order valence-electron chi connectivity index (χ2n) is 7.65. The topological polar surface area (TPSA) is 60.9 Å². The van der Waals surface area contributed by atoms with Gasteiger partial charge in [-0.25, -0.2) is 12.7 Å². The van der Waals surface area contributed by atoms with Crippen molar-refractivity contribution in [2.45, 2.75) is 30.7 Å². The number of nitrogens with zero attached hydrogens (tertiary/aromatic N) is 3. The van der Waals surface area contributed by atoms with Gasteiger partial charge in [-0.3, -0.25) is 4.79 Å². The summed E-state index contributed by atoms with van der Waals surface area (Å²) in [6.45, 7) is 2.61. The van der Waals surface area contributed by atoms with Crippen molar-refractivity contribution < 1.29 is 13.2 Å². The van der Waals surface area contributed by atoms with E-state index >= 15 is 0 Å². The molecule has 0 aliphatic carbocycles. The van der Waals surface area contributed by atoms with E-state index in [0.717, 1.165) is 23.0 Å². The van der Waals surface area contributed by atoms with E-state index in [0.29, 0.717) is 12.1 Å². The molecule has 0 unspecified atom stereocenters. The number of rotatable bonds is 6. The van der Waals surface area contributed by atoms with Gasteiger partial charge in [0.15, 0.2) is 0 Å². The van der Waals surface area contributed by atoms with E-state index in [1.165, 1.54) is 51.2 Å². The van der Waals surface area contributed by atoms with Crippen LogP contribution in [-0.4, -0.2) is 57.8 Å². The van der Waals surface area contributed by atoms with Crippen LogP contribution in [0.4, 0.5) is 5.69 Å². The van der Waals surface area contributed by atoms with Crippen LogP contribution in [0.1, 0.15) is 35.2 Å². The lowest BCUT2D eigenvalue weighted by Crippen LogP contribution is -2.32. The van der Waals surface area contributed by atoms with Crippen molar-refractivity contribution in [2.24, 2.45) is 0 Å². The van der Waals surface area contributed by atoms with E-state index in [-0.39, 0.29) is 10.8 Å². The Hall–Kier alpha value is -2.38. The van der Waals surface area contributed by atoms with Crippen molar-refractivity contribution in [3.63, 3.8) is 0 Å². The Morgan fingerprint density at radius 1 is 0.931 bits per heavy atom. The summed E-state index contributed by atoms with van der Waals surface area (Å²) in [5.41, 5.74) is 2.79. The van der Waals surface area contributed by atoms with Crippen molar-refractivity contribution >= 4 is 21.6 Å². The van der Waals surface area contributed by atoms with Crippen LogP contribution in [-0.2, 0) is 16.6 Å². The zero-order chi connectivity index (χ0) is 21.0. The highest BCUT2D eigenvalue weighted by molar-refractivity contribution is 7.89. The Balaban J connectivity index is 1.75. The smallest absolute Gasteiger partial charge is 0.253 e. The van der Waals surface area contributed by atoms with Gasteiger partial charge in [-0.1, -0.05) is 18.2 Å². The van der Waals surface area contributed by atoms with Gasteiger partial charge in [-0.05, 0) is 55.2 Å². The monoisotopic (exact) mass is 415 g/mol. The van der Waals surface area contributed by atoms with Crippen molar-refractivity contribution in [1.29, 1.82) is 0 Å². The number of sulfonamides is 1. The molecule has 1 amide bonds. The molecule has 0 bridgehead atoms. The Labute approximate surface area is 173 Å². The van der Waals surface area contributed by atoms with Crippen molar-refractivity contribution in [3.8, 4) is 0 Å². The number of benzene rings is 2. The molecule has 29 heavy (non-hydrogen) atoms. The van der Waals surface area contributed by atoms with Gasteiger partial charge in [-0.15, -0.1) is 0 Å². The number of carbonyl (C=O) groups excluding carboxylic acids is 1. The minimum Gasteiger partial charge on any atom is -0.371 e. The molecule has 1 fully saturated rings. The highest BCUT2D eigenvalue weighted by Gasteiger charge is 2.20. The Morgan fingerprint density at radius 3 is 2.17 bits per heavy atom. The summed E-state index contributed by atoms with van der Waals surface area (Å²) < 4.78 is 25.6. The molecule has 3 rings (SSSR count). The Bertz CT molecular complexity index is 950. The van der Waals surface area contributed by atoms with Crippen LogP contribution in [0.25, 0.3) is 0 Å². The summed E-state index contributed by atoms with van der Waals surface area (Å²) in [4.78, 5) is 17.1. The fraction of sp³-hybridized carbons (Fsp3) is 0.409. The molecule has 1 saturated heterocycles. The van der Waals surface area contributed by atoms with E-state index in [4.69, 9.17) is 0 Å². The number of piperidine rings is 1. The largest absolute Gasteiger partial charge is 0.371 e. The van der Waals surface area contributed by atoms with Gasteiger partial charge in [0.05, 0.1) is 4.90 Å². The quantitative estimate of drug-likeness (QED) is 0.727. The molecule has 1 aliphatic rings. The van der Waals surface area contributed by atoms with Crippen LogP contribution in [0.5, 0.6) is 0 Å². The Morgan fingerprint density at radius 2 is 1.55 bits per heavy atom. The average Bonchev–Trinajstić information content (AvgIpc) is 2.74. The minimum atomic E-state index is -3.50. The van der Waals surface area contributed by atoms with E-state index < -0.39 is 10.0 Å². The Kier molecular flexibility index (Phi) is 6.59. The highest BCUT2D eigenvalue weighted by atomic mass is 32.2. The molecule has 0 spiro atoms. The second kappa shape index (κ2) is 8.97. The second-order valence-corrected chi connectivity index (χ2v) is 9.80. The summed E-state index contributed by atoms with van der Waals surface area (Å²) in [6, 6.07) is 14.4. The number of anilines is 1. The number of carbonyl (C=O) groups is 1. The zero-order valence-corrected chi connectivity index (χ0v) is 18.2. The van der Waals surface area contributed by atoms with Gasteiger partial charge in [-0.2, -0.15) is 0 Å². The van der Waals surface area contributed by atoms with Crippen molar-refractivity contribution in [3.05, 3.63) is 59.7 Å². The minimum absolute atomic E-state index is 0.132. The van der Waals surface area contributed by atoms with E-state index in [9.17, 15) is 13.2 Å². The summed E-state index contributed by atoms with van der Waals surface area (Å²) in [5, 5.41) is 0. The first-order valence-corrected chi connectivity index (χ1v) is 11.4. The lowest BCUT2D eigenvalue weighted by Gasteiger charge is -2.31. The predicted octanol–water partition coefficient (Wildman–Crippen LogP) is 3.20. The van der Waals surface area contributed by atoms with Crippen LogP contribution in [0, 0.1) is 0 Å². The molecule has 0 saturated carbocycles. The first kappa shape index (κ1) is 21.3. The summed E-state index contributed by atoms with van der Waals surface area (Å²) >= 11 is 0. The zero-order valence-electron chi connectivity index (χ0n) is 17.3. The van der Waals surface area contributed by atoms with Gasteiger partial charge in [0.1, 0.15) is 0 Å². The van der Waals surface area contributed by atoms with Crippen LogP contribution in [0.2, 0.25) is 0 Å². The van der Waals surface area contributed by atoms with Gasteiger partial charge < -0.3 is 9.80 Å². The number of para-hydroxylation sites is 1. The maximum Gasteiger partial charge on any atom is 0.253 e. The summed E-state index contributed by atoms with van der Waals surface area (Å²) in [7, 11) is 1.25. The lowest BCUT2D eigenvalue weighted by molar-refractivity contribution is 0.0785. The van der Waals surface area contributed by atoms with E-state index in [2.05, 4.69) is 17.0 Å². The molecular weight excluding hydrogens is 386 g/mol. The predicted molar refractivity (Wildman–Crippen MR) is 116 cm³/mol. The molecule has 0 N–H and O–H groups in total. The molecular formula is C22H29N3O3S. The van der Waals surface area contributed by atoms with Crippen molar-refractivity contribution in [1.82, 2.24) is 9.21 Å². The number of amides is 1. The molecule has 0 atom stereocenters. The van der Waals surface area contributed by atoms with Gasteiger partial charge in [0.2, 0.25) is 10.0 Å². The number of hydrogen-bond acceptors (Lipinski definition) is 4. The molecule has 0 radical (unpaired) electrons. The number of hydrogen-bond donors (Lipinski definition) is 0. The van der Waals surface area contributed by atoms with Crippen molar-refractivity contribution in [2.75, 3.05) is 39.1 Å². The van der Waals surface area contributed by atoms with Gasteiger partial charge in [0, 0.05) is 52.0 Å². The summed E-state index contributed by atoms with van der Waals surface area (Å²) in [5.74, 6) is -0.132. The van der Waals surface area contributed by atoms with Crippen LogP contribution < -0.4 is 4.90 Å². The normalized spacial score (nSPS) is 14.8. The summed E-state index contributed by atoms with van der Waals surface area (Å²) in [6.07, 6.45) is 3.67. The van der Waals surface area contributed by atoms with Crippen LogP contribution in [0.15, 0.2) is 53.4 Å². The lowest BCUT2D eigenvalue weighted by atomic mass is 10.1. The van der Waals surface area contributed by atoms with Gasteiger partial charge >= 0.3 is 0 Å². The molecule has 1 aliphatic heterocycles. The first-order valence-electron chi connectivity index (χ1n) is 9.91. The third-order valence-corrected chi connectivity index (χ3v) is 7.15. The standard InChI is InChI=1S/C22H29N3O3S/c1-23(2)29(27,28)20-13-11-18(12-14-20)22(26)24(3)17-19-9-5-6-10-21(19)25-15-7-4-8-16-25/h5-6,9-14H,4,7-8,15-17H2,1-3H3. The van der Waals surface area contributed by atoms with Crippen LogP contribution >= 0.6 is 0 Å². The molecule has 2 aromatic carbocycles. The average molecular weight is 416 g/mol. The van der Waals surface area contributed by atoms with Gasteiger partial charge in [0.25, 0.3) is 5.91 Å². The maximum atomic E-state index is 12.9. The SMILES string of the molecule is CN(Cc1ccccc1N1CCCCC1)C(=O)c1ccc(S(=O)(=O)N(C)C)cc1. The highest BCUT2D eigenvalue weighted by Crippen LogP contribution is 2.25. The molecule has 6 nitrogen and oxygen atoms in total. The van der Waals surface area contributed by atoms with Crippen LogP contribution in [0.3, 0.4) is 0 Å². The molecule has 156 valence electrons. The fourth-order valence-electron chi connectivity index (χ4n) is 3.62. The van der Waals surface area contributed by atoms with E-state index in [1.807, 2.05) is 12.1 Å². The maximum absolute atomic E-state index is 12.9. The molecule has 0 aromatic heterocycles. The first-order chi connectivity index (χ1) is 13.8. The third-order valence-electron chi connectivity index (χ3n) is 5.32. The van der Waals surface area contributed by atoms with E-state index in [1.54, 1.807) is 24.1 Å². The fourth-order valence-corrected chi connectivity index (χ4v) is 4.52. The molecule has 1 heterocycles. The third kappa shape index (κ3) is 4.79.